The van der Waals surface area contributed by atoms with E-state index in [1.165, 1.54) is 89.9 Å². The molecule has 0 saturated heterocycles. The summed E-state index contributed by atoms with van der Waals surface area (Å²) in [5, 5.41) is 0. The van der Waals surface area contributed by atoms with Gasteiger partial charge < -0.3 is 14.5 Å². The van der Waals surface area contributed by atoms with Crippen LogP contribution in [0.3, 0.4) is 0 Å². The van der Waals surface area contributed by atoms with E-state index in [-0.39, 0.29) is 5.48 Å². The molecule has 0 aliphatic rings. The van der Waals surface area contributed by atoms with Crippen LogP contribution in [-0.4, -0.2) is 18.7 Å². The highest BCUT2D eigenvalue weighted by Crippen LogP contribution is 2.53. The van der Waals surface area contributed by atoms with Gasteiger partial charge >= 0.3 is 0 Å². The smallest absolute Gasteiger partial charge is 0.244 e. The molecule has 0 saturated carbocycles. The quantitative estimate of drug-likeness (QED) is 0.123. The van der Waals surface area contributed by atoms with Crippen LogP contribution >= 0.6 is 17.9 Å². The van der Waals surface area contributed by atoms with Crippen LogP contribution in [0.5, 0.6) is 0 Å². The van der Waals surface area contributed by atoms with Crippen molar-refractivity contribution in [1.29, 1.82) is 0 Å². The Morgan fingerprint density at radius 2 is 0.846 bits per heavy atom. The monoisotopic (exact) mass is 428 g/mol. The molecule has 0 rings (SSSR count). The number of hydrogen-bond acceptors (Lipinski definition) is 3. The number of unbranched alkanes of at least 4 members (excludes halogenated alkanes) is 14. The molecule has 0 aliphatic heterocycles. The van der Waals surface area contributed by atoms with Crippen LogP contribution < -0.4 is 0 Å². The van der Waals surface area contributed by atoms with Gasteiger partial charge in [-0.15, -0.1) is 0 Å². The van der Waals surface area contributed by atoms with Gasteiger partial charge in [-0.25, -0.2) is 0 Å². The summed E-state index contributed by atoms with van der Waals surface area (Å²) >= 11 is 9.80. The topological polar surface area (TPSA) is 50.0 Å². The van der Waals surface area contributed by atoms with E-state index >= 15 is 0 Å². The van der Waals surface area contributed by atoms with Crippen molar-refractivity contribution >= 4 is 29.7 Å². The van der Waals surface area contributed by atoms with Gasteiger partial charge in [-0.2, -0.15) is 0 Å². The van der Waals surface area contributed by atoms with E-state index in [0.717, 1.165) is 12.8 Å². The molecule has 0 bridgehead atoms. The highest BCUT2D eigenvalue weighted by Gasteiger charge is 2.12. The lowest BCUT2D eigenvalue weighted by Crippen LogP contribution is -1.96. The first kappa shape index (κ1) is 29.1. The maximum atomic E-state index is 5.71. The fourth-order valence-electron chi connectivity index (χ4n) is 2.87. The fourth-order valence-corrected chi connectivity index (χ4v) is 4.60. The minimum atomic E-state index is -2.31. The minimum absolute atomic E-state index is 0. The number of hydrogen-bond donors (Lipinski definition) is 1. The first-order valence-corrected chi connectivity index (χ1v) is 14.5. The normalized spacial score (nSPS) is 11.5. The Kier molecular flexibility index (Phi) is 24.8. The molecule has 0 amide bonds. The van der Waals surface area contributed by atoms with Gasteiger partial charge in [0.25, 0.3) is 0 Å². The molecule has 0 spiro atoms. The molecule has 0 aromatic carbocycles. The zero-order valence-electron chi connectivity index (χ0n) is 17.3. The van der Waals surface area contributed by atoms with E-state index in [1.54, 1.807) is 0 Å². The average molecular weight is 429 g/mol. The largest absolute Gasteiger partial charge is 0.412 e. The molecule has 0 aromatic rings. The molecular weight excluding hydrogens is 383 g/mol. The fraction of sp³-hybridized carbons (Fsp3) is 1.00. The van der Waals surface area contributed by atoms with Crippen molar-refractivity contribution in [2.45, 2.75) is 117 Å². The zero-order valence-corrected chi connectivity index (χ0v) is 20.0. The van der Waals surface area contributed by atoms with Crippen LogP contribution in [0.25, 0.3) is 0 Å². The van der Waals surface area contributed by atoms with Gasteiger partial charge in [-0.05, 0) is 24.6 Å². The predicted molar refractivity (Wildman–Crippen MR) is 124 cm³/mol. The first-order valence-electron chi connectivity index (χ1n) is 10.7. The average Bonchev–Trinajstić information content (AvgIpc) is 2.59. The van der Waals surface area contributed by atoms with E-state index in [9.17, 15) is 0 Å². The van der Waals surface area contributed by atoms with Gasteiger partial charge in [0.15, 0.2) is 0 Å². The first-order chi connectivity index (χ1) is 12.1. The third kappa shape index (κ3) is 22.9. The molecule has 3 nitrogen and oxygen atoms in total. The van der Waals surface area contributed by atoms with Crippen molar-refractivity contribution in [3.05, 3.63) is 0 Å². The summed E-state index contributed by atoms with van der Waals surface area (Å²) in [7, 11) is 0. The van der Waals surface area contributed by atoms with Crippen molar-refractivity contribution in [2.24, 2.45) is 0 Å². The summed E-state index contributed by atoms with van der Waals surface area (Å²) in [6.45, 7) is 5.92. The minimum Gasteiger partial charge on any atom is -0.412 e. The molecule has 0 radical (unpaired) electrons. The van der Waals surface area contributed by atoms with Crippen molar-refractivity contribution in [3.8, 4) is 0 Å². The molecule has 0 atom stereocenters. The summed E-state index contributed by atoms with van der Waals surface area (Å²) in [4.78, 5) is 0. The van der Waals surface area contributed by atoms with E-state index in [2.05, 4.69) is 26.1 Å². The summed E-state index contributed by atoms with van der Waals surface area (Å²) < 4.78 is 11.4. The van der Waals surface area contributed by atoms with Gasteiger partial charge in [-0.1, -0.05) is 116 Å². The second kappa shape index (κ2) is 22.2. The predicted octanol–water partition coefficient (Wildman–Crippen LogP) is 7.63. The summed E-state index contributed by atoms with van der Waals surface area (Å²) in [5.74, 6) is 0. The number of rotatable bonds is 20. The standard InChI is InChI=1S/C20H43O2PS2.H2O/c1-3-5-7-9-11-13-15-17-19-21-23(24,25)22-20-18-16-14-12-10-8-6-4-2;/h3-20H2,1-2H3,(H,24,25);1H2. The van der Waals surface area contributed by atoms with E-state index in [1.807, 2.05) is 0 Å². The van der Waals surface area contributed by atoms with Gasteiger partial charge in [-0.3, -0.25) is 0 Å². The SMILES string of the molecule is CCCCCCCCCCOP(=S)(S)OCCCCCCCCCC.O. The molecule has 26 heavy (non-hydrogen) atoms. The highest BCUT2D eigenvalue weighted by molar-refractivity contribution is 8.60. The Morgan fingerprint density at radius 1 is 0.577 bits per heavy atom. The maximum absolute atomic E-state index is 5.71. The molecule has 0 aliphatic carbocycles. The molecule has 2 N–H and O–H groups in total. The Balaban J connectivity index is 0. The van der Waals surface area contributed by atoms with E-state index in [0.29, 0.717) is 13.2 Å². The van der Waals surface area contributed by atoms with E-state index in [4.69, 9.17) is 20.9 Å². The van der Waals surface area contributed by atoms with Crippen LogP contribution in [-0.2, 0) is 20.9 Å². The Hall–Kier alpha value is 0.880. The number of thiol groups is 1. The van der Waals surface area contributed by atoms with Gasteiger partial charge in [0.05, 0.1) is 13.2 Å². The van der Waals surface area contributed by atoms with E-state index < -0.39 is 5.69 Å². The molecule has 160 valence electrons. The molecule has 0 fully saturated rings. The summed E-state index contributed by atoms with van der Waals surface area (Å²) in [6.07, 6.45) is 20.8. The second-order valence-corrected chi connectivity index (χ2v) is 12.4. The lowest BCUT2D eigenvalue weighted by molar-refractivity contribution is 0.250. The van der Waals surface area contributed by atoms with Crippen LogP contribution in [0.2, 0.25) is 0 Å². The molecule has 6 heteroatoms. The summed E-state index contributed by atoms with van der Waals surface area (Å²) in [6, 6.07) is 0. The van der Waals surface area contributed by atoms with Gasteiger partial charge in [0.2, 0.25) is 5.69 Å². The third-order valence-electron chi connectivity index (χ3n) is 4.50. The molecular formula is C20H45O3PS2. The van der Waals surface area contributed by atoms with Crippen molar-refractivity contribution in [3.63, 3.8) is 0 Å². The Bertz CT molecular complexity index is 291. The van der Waals surface area contributed by atoms with Crippen LogP contribution in [0.4, 0.5) is 0 Å². The lowest BCUT2D eigenvalue weighted by atomic mass is 10.1. The van der Waals surface area contributed by atoms with Crippen molar-refractivity contribution in [2.75, 3.05) is 13.2 Å². The van der Waals surface area contributed by atoms with Gasteiger partial charge in [0.1, 0.15) is 0 Å². The Morgan fingerprint density at radius 3 is 1.15 bits per heavy atom. The van der Waals surface area contributed by atoms with Crippen LogP contribution in [0.1, 0.15) is 117 Å². The zero-order chi connectivity index (χ0) is 18.6. The van der Waals surface area contributed by atoms with Crippen LogP contribution in [0.15, 0.2) is 0 Å². The maximum Gasteiger partial charge on any atom is 0.244 e. The lowest BCUT2D eigenvalue weighted by Gasteiger charge is -2.16. The summed E-state index contributed by atoms with van der Waals surface area (Å²) in [5.41, 5.74) is -2.31. The highest BCUT2D eigenvalue weighted by atomic mass is 32.9. The molecule has 0 aromatic heterocycles. The van der Waals surface area contributed by atoms with Crippen LogP contribution in [0, 0.1) is 0 Å². The third-order valence-corrected chi connectivity index (χ3v) is 6.85. The second-order valence-electron chi connectivity index (χ2n) is 7.08. The molecule has 0 heterocycles. The Labute approximate surface area is 174 Å². The van der Waals surface area contributed by atoms with Crippen molar-refractivity contribution in [1.82, 2.24) is 0 Å². The van der Waals surface area contributed by atoms with Gasteiger partial charge in [0, 0.05) is 0 Å². The van der Waals surface area contributed by atoms with Crippen molar-refractivity contribution < 1.29 is 14.5 Å². The molecule has 0 unspecified atom stereocenters.